The van der Waals surface area contributed by atoms with Gasteiger partial charge in [0.15, 0.2) is 11.5 Å². The van der Waals surface area contributed by atoms with Crippen molar-refractivity contribution >= 4 is 34.8 Å². The molecular formula is C22H28Cl3NO3. The highest BCUT2D eigenvalue weighted by Gasteiger charge is 2.13. The lowest BCUT2D eigenvalue weighted by Crippen LogP contribution is -2.16. The summed E-state index contributed by atoms with van der Waals surface area (Å²) in [5.74, 6) is 1.10. The fourth-order valence-electron chi connectivity index (χ4n) is 2.68. The first-order valence-electron chi connectivity index (χ1n) is 9.76. The van der Waals surface area contributed by atoms with Gasteiger partial charge in [-0.2, -0.15) is 0 Å². The minimum atomic E-state index is 0.308. The molecule has 0 aliphatic carbocycles. The zero-order valence-electron chi connectivity index (χ0n) is 16.9. The minimum absolute atomic E-state index is 0.308. The average Bonchev–Trinajstić information content (AvgIpc) is 2.71. The van der Waals surface area contributed by atoms with Crippen LogP contribution in [0.2, 0.25) is 15.1 Å². The zero-order chi connectivity index (χ0) is 21.1. The molecule has 29 heavy (non-hydrogen) atoms. The summed E-state index contributed by atoms with van der Waals surface area (Å²) in [5.41, 5.74) is 1.92. The van der Waals surface area contributed by atoms with Gasteiger partial charge in [0, 0.05) is 19.8 Å². The van der Waals surface area contributed by atoms with Gasteiger partial charge in [0.05, 0.1) is 22.2 Å². The van der Waals surface area contributed by atoms with Crippen molar-refractivity contribution in [3.8, 4) is 11.5 Å². The highest BCUT2D eigenvalue weighted by molar-refractivity contribution is 6.42. The zero-order valence-corrected chi connectivity index (χ0v) is 19.2. The van der Waals surface area contributed by atoms with Crippen LogP contribution in [0.3, 0.4) is 0 Å². The molecule has 0 amide bonds. The monoisotopic (exact) mass is 459 g/mol. The van der Waals surface area contributed by atoms with Gasteiger partial charge in [-0.3, -0.25) is 0 Å². The Bertz CT molecular complexity index is 771. The summed E-state index contributed by atoms with van der Waals surface area (Å²) in [7, 11) is 1.60. The Labute approximate surface area is 188 Å². The maximum absolute atomic E-state index is 6.45. The van der Waals surface area contributed by atoms with Gasteiger partial charge >= 0.3 is 0 Å². The Kier molecular flexibility index (Phi) is 11.0. The van der Waals surface area contributed by atoms with Crippen LogP contribution < -0.4 is 14.8 Å². The van der Waals surface area contributed by atoms with E-state index in [1.807, 2.05) is 18.2 Å². The van der Waals surface area contributed by atoms with Crippen LogP contribution >= 0.6 is 34.8 Å². The Morgan fingerprint density at radius 3 is 2.38 bits per heavy atom. The maximum atomic E-state index is 6.45. The van der Waals surface area contributed by atoms with Crippen LogP contribution in [-0.2, 0) is 17.9 Å². The second-order valence-corrected chi connectivity index (χ2v) is 7.86. The van der Waals surface area contributed by atoms with Gasteiger partial charge in [-0.15, -0.1) is 0 Å². The third-order valence-corrected chi connectivity index (χ3v) is 5.29. The Morgan fingerprint density at radius 1 is 0.897 bits per heavy atom. The number of halogens is 3. The lowest BCUT2D eigenvalue weighted by Gasteiger charge is -2.15. The third kappa shape index (κ3) is 8.23. The first-order chi connectivity index (χ1) is 14.0. The van der Waals surface area contributed by atoms with Crippen LogP contribution in [0, 0.1) is 0 Å². The molecule has 0 fully saturated rings. The molecule has 2 rings (SSSR count). The number of hydrogen-bond donors (Lipinski definition) is 1. The molecular weight excluding hydrogens is 433 g/mol. The first kappa shape index (κ1) is 24.1. The largest absolute Gasteiger partial charge is 0.493 e. The van der Waals surface area contributed by atoms with Crippen LogP contribution in [0.15, 0.2) is 30.3 Å². The van der Waals surface area contributed by atoms with E-state index in [2.05, 4.69) is 12.2 Å². The Morgan fingerprint density at radius 2 is 1.66 bits per heavy atom. The number of unbranched alkanes of at least 4 members (excludes halogenated alkanes) is 1. The second-order valence-electron chi connectivity index (χ2n) is 6.64. The molecule has 160 valence electrons. The molecule has 0 radical (unpaired) electrons. The predicted molar refractivity (Wildman–Crippen MR) is 121 cm³/mol. The fraction of sp³-hybridized carbons (Fsp3) is 0.455. The molecule has 1 N–H and O–H groups in total. The quantitative estimate of drug-likeness (QED) is 0.345. The standard InChI is InChI=1S/C22H28Cl3NO3/c1-3-4-9-28-10-5-8-26-14-17-12-20(25)22(21(13-17)27-2)29-15-16-6-7-18(23)19(24)11-16/h6-7,11-13,26H,3-5,8-10,14-15H2,1-2H3. The van der Waals surface area contributed by atoms with E-state index in [1.54, 1.807) is 19.2 Å². The maximum Gasteiger partial charge on any atom is 0.180 e. The van der Waals surface area contributed by atoms with E-state index < -0.39 is 0 Å². The summed E-state index contributed by atoms with van der Waals surface area (Å²) in [6.45, 7) is 5.65. The van der Waals surface area contributed by atoms with Crippen LogP contribution in [0.1, 0.15) is 37.3 Å². The van der Waals surface area contributed by atoms with E-state index in [4.69, 9.17) is 49.0 Å². The summed E-state index contributed by atoms with van der Waals surface area (Å²) >= 11 is 18.5. The van der Waals surface area contributed by atoms with E-state index in [9.17, 15) is 0 Å². The highest BCUT2D eigenvalue weighted by atomic mass is 35.5. The van der Waals surface area contributed by atoms with Gasteiger partial charge in [-0.05, 0) is 54.8 Å². The molecule has 0 aliphatic heterocycles. The Balaban J connectivity index is 1.87. The van der Waals surface area contributed by atoms with E-state index in [0.717, 1.165) is 50.1 Å². The summed E-state index contributed by atoms with van der Waals surface area (Å²) in [5, 5.41) is 4.90. The molecule has 0 unspecified atom stereocenters. The molecule has 7 heteroatoms. The topological polar surface area (TPSA) is 39.7 Å². The number of nitrogens with one attached hydrogen (secondary N) is 1. The van der Waals surface area contributed by atoms with Gasteiger partial charge in [-0.1, -0.05) is 54.2 Å². The van der Waals surface area contributed by atoms with E-state index >= 15 is 0 Å². The molecule has 0 saturated carbocycles. The van der Waals surface area contributed by atoms with Crippen molar-refractivity contribution in [3.63, 3.8) is 0 Å². The fourth-order valence-corrected chi connectivity index (χ4v) is 3.29. The van der Waals surface area contributed by atoms with Crippen LogP contribution in [-0.4, -0.2) is 26.9 Å². The van der Waals surface area contributed by atoms with Gasteiger partial charge in [0.2, 0.25) is 0 Å². The van der Waals surface area contributed by atoms with E-state index in [0.29, 0.717) is 39.7 Å². The van der Waals surface area contributed by atoms with E-state index in [1.165, 1.54) is 0 Å². The van der Waals surface area contributed by atoms with Gasteiger partial charge in [-0.25, -0.2) is 0 Å². The number of methoxy groups -OCH3 is 1. The van der Waals surface area contributed by atoms with Crippen molar-refractivity contribution in [2.75, 3.05) is 26.9 Å². The van der Waals surface area contributed by atoms with Crippen molar-refractivity contribution in [3.05, 3.63) is 56.5 Å². The molecule has 2 aromatic carbocycles. The van der Waals surface area contributed by atoms with Gasteiger partial charge in [0.25, 0.3) is 0 Å². The average molecular weight is 461 g/mol. The summed E-state index contributed by atoms with van der Waals surface area (Å²) < 4.78 is 16.9. The minimum Gasteiger partial charge on any atom is -0.493 e. The predicted octanol–water partition coefficient (Wildman–Crippen LogP) is 6.53. The van der Waals surface area contributed by atoms with Crippen molar-refractivity contribution in [1.29, 1.82) is 0 Å². The molecule has 2 aromatic rings. The molecule has 0 spiro atoms. The molecule has 0 bridgehead atoms. The summed E-state index contributed by atoms with van der Waals surface area (Å²) in [6, 6.07) is 9.19. The highest BCUT2D eigenvalue weighted by Crippen LogP contribution is 2.37. The second kappa shape index (κ2) is 13.2. The summed E-state index contributed by atoms with van der Waals surface area (Å²) in [4.78, 5) is 0. The van der Waals surface area contributed by atoms with Crippen LogP contribution in [0.4, 0.5) is 0 Å². The molecule has 0 aliphatic rings. The molecule has 0 heterocycles. The van der Waals surface area contributed by atoms with Crippen molar-refractivity contribution in [2.45, 2.75) is 39.3 Å². The molecule has 0 aromatic heterocycles. The van der Waals surface area contributed by atoms with Crippen molar-refractivity contribution < 1.29 is 14.2 Å². The van der Waals surface area contributed by atoms with Crippen molar-refractivity contribution in [2.24, 2.45) is 0 Å². The number of benzene rings is 2. The van der Waals surface area contributed by atoms with Crippen LogP contribution in [0.5, 0.6) is 11.5 Å². The molecule has 4 nitrogen and oxygen atoms in total. The smallest absolute Gasteiger partial charge is 0.180 e. The SMILES string of the molecule is CCCCOCCCNCc1cc(Cl)c(OCc2ccc(Cl)c(Cl)c2)c(OC)c1. The first-order valence-corrected chi connectivity index (χ1v) is 10.9. The van der Waals surface area contributed by atoms with Crippen LogP contribution in [0.25, 0.3) is 0 Å². The molecule has 0 saturated heterocycles. The van der Waals surface area contributed by atoms with Gasteiger partial charge < -0.3 is 19.5 Å². The lowest BCUT2D eigenvalue weighted by atomic mass is 10.2. The molecule has 0 atom stereocenters. The number of hydrogen-bond acceptors (Lipinski definition) is 4. The Hall–Kier alpha value is -1.17. The summed E-state index contributed by atoms with van der Waals surface area (Å²) in [6.07, 6.45) is 3.25. The van der Waals surface area contributed by atoms with Crippen molar-refractivity contribution in [1.82, 2.24) is 5.32 Å². The lowest BCUT2D eigenvalue weighted by molar-refractivity contribution is 0.129. The third-order valence-electron chi connectivity index (χ3n) is 4.27. The van der Waals surface area contributed by atoms with Gasteiger partial charge in [0.1, 0.15) is 6.61 Å². The van der Waals surface area contributed by atoms with E-state index in [-0.39, 0.29) is 0 Å². The number of ether oxygens (including phenoxy) is 3. The normalized spacial score (nSPS) is 10.9. The number of rotatable bonds is 13.